The van der Waals surface area contributed by atoms with Gasteiger partial charge in [-0.05, 0) is 25.1 Å². The molecule has 0 saturated heterocycles. The molecule has 1 aromatic carbocycles. The van der Waals surface area contributed by atoms with Crippen molar-refractivity contribution in [3.8, 4) is 0 Å². The van der Waals surface area contributed by atoms with Crippen LogP contribution >= 0.6 is 0 Å². The predicted molar refractivity (Wildman–Crippen MR) is 64.6 cm³/mol. The van der Waals surface area contributed by atoms with E-state index in [0.717, 1.165) is 6.92 Å². The van der Waals surface area contributed by atoms with Crippen molar-refractivity contribution in [1.82, 2.24) is 0 Å². The minimum Gasteiger partial charge on any atom is -0.480 e. The van der Waals surface area contributed by atoms with Gasteiger partial charge in [-0.3, -0.25) is 14.3 Å². The van der Waals surface area contributed by atoms with E-state index in [1.54, 1.807) is 0 Å². The molecule has 0 radical (unpaired) electrons. The molecule has 1 aromatic rings. The SMILES string of the molecule is CC(C(=O)O)S(=O)(=O)Nc1cccc(C(N)=O)c1. The number of benzene rings is 1. The number of rotatable bonds is 5. The molecule has 0 saturated carbocycles. The van der Waals surface area contributed by atoms with Crippen LogP contribution in [0.5, 0.6) is 0 Å². The van der Waals surface area contributed by atoms with E-state index in [2.05, 4.69) is 4.72 Å². The average Bonchev–Trinajstić information content (AvgIpc) is 2.27. The first-order valence-corrected chi connectivity index (χ1v) is 6.43. The topological polar surface area (TPSA) is 127 Å². The summed E-state index contributed by atoms with van der Waals surface area (Å²) in [5.41, 5.74) is 5.25. The number of primary amides is 1. The van der Waals surface area contributed by atoms with Crippen LogP contribution in [0.3, 0.4) is 0 Å². The molecule has 0 aliphatic carbocycles. The van der Waals surface area contributed by atoms with Crippen molar-refractivity contribution in [2.75, 3.05) is 4.72 Å². The lowest BCUT2D eigenvalue weighted by molar-refractivity contribution is -0.136. The van der Waals surface area contributed by atoms with Gasteiger partial charge in [-0.25, -0.2) is 8.42 Å². The molecular formula is C10H12N2O5S. The Balaban J connectivity index is 3.01. The molecule has 18 heavy (non-hydrogen) atoms. The first-order chi connectivity index (χ1) is 8.24. The van der Waals surface area contributed by atoms with Crippen LogP contribution in [0.25, 0.3) is 0 Å². The number of hydrogen-bond acceptors (Lipinski definition) is 4. The van der Waals surface area contributed by atoms with Crippen LogP contribution in [0, 0.1) is 0 Å². The highest BCUT2D eigenvalue weighted by Crippen LogP contribution is 2.14. The third-order valence-corrected chi connectivity index (χ3v) is 3.87. The average molecular weight is 272 g/mol. The van der Waals surface area contributed by atoms with Crippen LogP contribution in [-0.4, -0.2) is 30.7 Å². The number of carbonyl (C=O) groups is 2. The number of nitrogens with two attached hydrogens (primary N) is 1. The normalized spacial score (nSPS) is 12.7. The van der Waals surface area contributed by atoms with Gasteiger partial charge in [-0.1, -0.05) is 6.07 Å². The molecule has 98 valence electrons. The summed E-state index contributed by atoms with van der Waals surface area (Å²) < 4.78 is 25.3. The Morgan fingerprint density at radius 1 is 1.39 bits per heavy atom. The lowest BCUT2D eigenvalue weighted by atomic mass is 10.2. The largest absolute Gasteiger partial charge is 0.480 e. The molecule has 0 aliphatic rings. The van der Waals surface area contributed by atoms with Crippen LogP contribution in [-0.2, 0) is 14.8 Å². The third-order valence-electron chi connectivity index (χ3n) is 2.22. The highest BCUT2D eigenvalue weighted by Gasteiger charge is 2.27. The van der Waals surface area contributed by atoms with Gasteiger partial charge in [0.25, 0.3) is 0 Å². The van der Waals surface area contributed by atoms with Crippen LogP contribution < -0.4 is 10.5 Å². The second-order valence-corrected chi connectivity index (χ2v) is 5.57. The number of anilines is 1. The number of carboxylic acids is 1. The van der Waals surface area contributed by atoms with Crippen molar-refractivity contribution in [3.05, 3.63) is 29.8 Å². The fourth-order valence-electron chi connectivity index (χ4n) is 1.12. The Bertz CT molecular complexity index is 582. The maximum absolute atomic E-state index is 11.6. The first-order valence-electron chi connectivity index (χ1n) is 4.88. The van der Waals surface area contributed by atoms with Crippen LogP contribution in [0.2, 0.25) is 0 Å². The van der Waals surface area contributed by atoms with Gasteiger partial charge in [0.2, 0.25) is 15.9 Å². The summed E-state index contributed by atoms with van der Waals surface area (Å²) in [6.45, 7) is 1.04. The van der Waals surface area contributed by atoms with Gasteiger partial charge in [0.15, 0.2) is 5.25 Å². The first kappa shape index (κ1) is 14.0. The lowest BCUT2D eigenvalue weighted by Crippen LogP contribution is -2.32. The zero-order valence-corrected chi connectivity index (χ0v) is 10.3. The van der Waals surface area contributed by atoms with Crippen molar-refractivity contribution in [1.29, 1.82) is 0 Å². The standard InChI is InChI=1S/C10H12N2O5S/c1-6(10(14)15)18(16,17)12-8-4-2-3-7(5-8)9(11)13/h2-6,12H,1H3,(H2,11,13)(H,14,15). The Hall–Kier alpha value is -2.09. The van der Waals surface area contributed by atoms with E-state index in [1.807, 2.05) is 0 Å². The molecule has 0 aliphatic heterocycles. The molecule has 7 nitrogen and oxygen atoms in total. The highest BCUT2D eigenvalue weighted by molar-refractivity contribution is 7.94. The maximum atomic E-state index is 11.6. The van der Waals surface area contributed by atoms with Crippen LogP contribution in [0.1, 0.15) is 17.3 Å². The number of nitrogens with one attached hydrogen (secondary N) is 1. The smallest absolute Gasteiger partial charge is 0.323 e. The Morgan fingerprint density at radius 2 is 2.00 bits per heavy atom. The minimum absolute atomic E-state index is 0.0828. The number of aliphatic carboxylic acids is 1. The second-order valence-electron chi connectivity index (χ2n) is 3.57. The van der Waals surface area contributed by atoms with E-state index in [0.29, 0.717) is 0 Å². The minimum atomic E-state index is -4.06. The van der Waals surface area contributed by atoms with E-state index >= 15 is 0 Å². The number of sulfonamides is 1. The summed E-state index contributed by atoms with van der Waals surface area (Å²) in [5.74, 6) is -2.17. The lowest BCUT2D eigenvalue weighted by Gasteiger charge is -2.11. The monoisotopic (exact) mass is 272 g/mol. The Kier molecular flexibility index (Phi) is 3.92. The quantitative estimate of drug-likeness (QED) is 0.695. The fraction of sp³-hybridized carbons (Fsp3) is 0.200. The highest BCUT2D eigenvalue weighted by atomic mass is 32.2. The Morgan fingerprint density at radius 3 is 2.50 bits per heavy atom. The number of amides is 1. The van der Waals surface area contributed by atoms with E-state index in [9.17, 15) is 18.0 Å². The number of carboxylic acid groups (broad SMARTS) is 1. The molecule has 1 unspecified atom stereocenters. The molecule has 1 amide bonds. The van der Waals surface area contributed by atoms with Gasteiger partial charge in [0, 0.05) is 11.3 Å². The summed E-state index contributed by atoms with van der Waals surface area (Å²) >= 11 is 0. The van der Waals surface area contributed by atoms with E-state index in [-0.39, 0.29) is 11.3 Å². The van der Waals surface area contributed by atoms with Gasteiger partial charge in [0.1, 0.15) is 0 Å². The van der Waals surface area contributed by atoms with Crippen molar-refractivity contribution in [2.24, 2.45) is 5.73 Å². The molecule has 0 spiro atoms. The van der Waals surface area contributed by atoms with Crippen molar-refractivity contribution in [2.45, 2.75) is 12.2 Å². The molecule has 8 heteroatoms. The van der Waals surface area contributed by atoms with E-state index < -0.39 is 27.1 Å². The van der Waals surface area contributed by atoms with Crippen LogP contribution in [0.4, 0.5) is 5.69 Å². The summed E-state index contributed by atoms with van der Waals surface area (Å²) in [6.07, 6.45) is 0. The fourth-order valence-corrected chi connectivity index (χ4v) is 2.02. The molecule has 0 fully saturated rings. The summed E-state index contributed by atoms with van der Waals surface area (Å²) in [7, 11) is -4.06. The van der Waals surface area contributed by atoms with Gasteiger partial charge in [-0.15, -0.1) is 0 Å². The zero-order valence-electron chi connectivity index (χ0n) is 9.45. The number of carbonyl (C=O) groups excluding carboxylic acids is 1. The number of hydrogen-bond donors (Lipinski definition) is 3. The molecule has 1 atom stereocenters. The van der Waals surface area contributed by atoms with Crippen molar-refractivity contribution >= 4 is 27.6 Å². The van der Waals surface area contributed by atoms with Crippen LogP contribution in [0.15, 0.2) is 24.3 Å². The second kappa shape index (κ2) is 5.05. The summed E-state index contributed by atoms with van der Waals surface area (Å²) in [5, 5.41) is 7.04. The molecule has 0 heterocycles. The molecule has 1 rings (SSSR count). The van der Waals surface area contributed by atoms with Gasteiger partial charge >= 0.3 is 5.97 Å². The van der Waals surface area contributed by atoms with Crippen molar-refractivity contribution in [3.63, 3.8) is 0 Å². The van der Waals surface area contributed by atoms with Gasteiger partial charge in [-0.2, -0.15) is 0 Å². The third kappa shape index (κ3) is 3.20. The zero-order chi connectivity index (χ0) is 13.9. The van der Waals surface area contributed by atoms with Crippen molar-refractivity contribution < 1.29 is 23.1 Å². The summed E-state index contributed by atoms with van der Waals surface area (Å²) in [4.78, 5) is 21.5. The van der Waals surface area contributed by atoms with Gasteiger partial charge < -0.3 is 10.8 Å². The maximum Gasteiger partial charge on any atom is 0.323 e. The van der Waals surface area contributed by atoms with E-state index in [1.165, 1.54) is 24.3 Å². The summed E-state index contributed by atoms with van der Waals surface area (Å²) in [6, 6.07) is 5.47. The van der Waals surface area contributed by atoms with Gasteiger partial charge in [0.05, 0.1) is 0 Å². The molecule has 0 aromatic heterocycles. The predicted octanol–water partition coefficient (Wildman–Crippen LogP) is 0.000300. The molecule has 4 N–H and O–H groups in total. The molecular weight excluding hydrogens is 260 g/mol. The Labute approximate surface area is 104 Å². The van der Waals surface area contributed by atoms with E-state index in [4.69, 9.17) is 10.8 Å². The molecule has 0 bridgehead atoms.